The Morgan fingerprint density at radius 3 is 1.45 bits per heavy atom. The monoisotopic (exact) mass is 200 g/mol. The van der Waals surface area contributed by atoms with Crippen molar-refractivity contribution in [3.8, 4) is 0 Å². The zero-order valence-electron chi connectivity index (χ0n) is 5.66. The van der Waals surface area contributed by atoms with Gasteiger partial charge in [-0.1, -0.05) is 13.2 Å². The van der Waals surface area contributed by atoms with Crippen molar-refractivity contribution in [1.29, 1.82) is 0 Å². The van der Waals surface area contributed by atoms with E-state index in [0.717, 1.165) is 5.82 Å². The summed E-state index contributed by atoms with van der Waals surface area (Å²) in [6.45, 7) is 5.96. The van der Waals surface area contributed by atoms with Gasteiger partial charge in [-0.3, -0.25) is 4.57 Å². The first-order valence-electron chi connectivity index (χ1n) is 2.32. The van der Waals surface area contributed by atoms with E-state index in [4.69, 9.17) is 19.6 Å². The van der Waals surface area contributed by atoms with Crippen LogP contribution in [0.1, 0.15) is 0 Å². The van der Waals surface area contributed by atoms with Crippen LogP contribution < -0.4 is 0 Å². The lowest BCUT2D eigenvalue weighted by Crippen LogP contribution is -1.63. The molecule has 4 N–H and O–H groups in total. The summed E-state index contributed by atoms with van der Waals surface area (Å²) in [5, 5.41) is 0. The molecule has 0 bridgehead atoms. The molecular formula is C4H10O5P2. The number of hydrogen-bond acceptors (Lipinski definition) is 3. The molecule has 0 rings (SSSR count). The van der Waals surface area contributed by atoms with Gasteiger partial charge in [-0.25, -0.2) is 0 Å². The molecule has 0 radical (unpaired) electrons. The van der Waals surface area contributed by atoms with E-state index in [1.807, 2.05) is 0 Å². The molecule has 0 unspecified atom stereocenters. The SMILES string of the molecule is C=CP(=O)(O)O.C=CP(O)O. The molecule has 0 aliphatic carbocycles. The summed E-state index contributed by atoms with van der Waals surface area (Å²) >= 11 is 0. The smallest absolute Gasteiger partial charge is 0.347 e. The van der Waals surface area contributed by atoms with Gasteiger partial charge < -0.3 is 19.6 Å². The molecular weight excluding hydrogens is 190 g/mol. The minimum atomic E-state index is -3.88. The summed E-state index contributed by atoms with van der Waals surface area (Å²) in [7, 11) is -5.72. The zero-order valence-corrected chi connectivity index (χ0v) is 7.45. The molecule has 0 atom stereocenters. The van der Waals surface area contributed by atoms with E-state index < -0.39 is 16.0 Å². The highest BCUT2D eigenvalue weighted by atomic mass is 31.2. The first-order valence-corrected chi connectivity index (χ1v) is 5.31. The lowest BCUT2D eigenvalue weighted by molar-refractivity contribution is 0.386. The minimum absolute atomic E-state index is 0.604. The maximum atomic E-state index is 9.58. The molecule has 0 amide bonds. The predicted octanol–water partition coefficient (Wildman–Crippen LogP) is 0.734. The van der Waals surface area contributed by atoms with Crippen molar-refractivity contribution >= 4 is 16.0 Å². The third kappa shape index (κ3) is 25.6. The predicted molar refractivity (Wildman–Crippen MR) is 43.8 cm³/mol. The Kier molecular flexibility index (Phi) is 8.23. The second-order valence-electron chi connectivity index (χ2n) is 1.27. The molecule has 5 nitrogen and oxygen atoms in total. The van der Waals surface area contributed by atoms with Gasteiger partial charge >= 0.3 is 7.60 Å². The van der Waals surface area contributed by atoms with Gasteiger partial charge in [0.25, 0.3) is 0 Å². The molecule has 0 fully saturated rings. The fourth-order valence-corrected chi connectivity index (χ4v) is 0. The Morgan fingerprint density at radius 2 is 1.45 bits per heavy atom. The summed E-state index contributed by atoms with van der Waals surface area (Å²) in [5.41, 5.74) is 0. The average Bonchev–Trinajstić information content (AvgIpc) is 1.88. The second-order valence-corrected chi connectivity index (χ2v) is 3.82. The maximum absolute atomic E-state index is 9.58. The van der Waals surface area contributed by atoms with Crippen LogP contribution in [0.25, 0.3) is 0 Å². The minimum Gasteiger partial charge on any atom is -0.347 e. The van der Waals surface area contributed by atoms with Gasteiger partial charge in [-0.05, 0) is 5.82 Å². The lowest BCUT2D eigenvalue weighted by Gasteiger charge is -1.87. The third-order valence-corrected chi connectivity index (χ3v) is 1.20. The van der Waals surface area contributed by atoms with E-state index in [1.54, 1.807) is 0 Å². The van der Waals surface area contributed by atoms with E-state index in [0.29, 0.717) is 5.82 Å². The summed E-state index contributed by atoms with van der Waals surface area (Å²) in [4.78, 5) is 31.4. The molecule has 0 heterocycles. The summed E-state index contributed by atoms with van der Waals surface area (Å²) in [6.07, 6.45) is 0. The molecule has 0 aromatic rings. The number of rotatable bonds is 2. The normalized spacial score (nSPS) is 9.91. The van der Waals surface area contributed by atoms with Gasteiger partial charge in [0.15, 0.2) is 8.38 Å². The highest BCUT2D eigenvalue weighted by Crippen LogP contribution is 2.34. The van der Waals surface area contributed by atoms with Crippen molar-refractivity contribution in [2.75, 3.05) is 0 Å². The van der Waals surface area contributed by atoms with Crippen LogP contribution in [0.4, 0.5) is 0 Å². The highest BCUT2D eigenvalue weighted by Gasteiger charge is 2.00. The van der Waals surface area contributed by atoms with E-state index >= 15 is 0 Å². The van der Waals surface area contributed by atoms with E-state index in [9.17, 15) is 4.57 Å². The quantitative estimate of drug-likeness (QED) is 0.492. The van der Waals surface area contributed by atoms with Crippen molar-refractivity contribution in [1.82, 2.24) is 0 Å². The molecule has 0 saturated heterocycles. The van der Waals surface area contributed by atoms with Crippen molar-refractivity contribution in [3.63, 3.8) is 0 Å². The fraction of sp³-hybridized carbons (Fsp3) is 0. The molecule has 0 saturated carbocycles. The van der Waals surface area contributed by atoms with Crippen molar-refractivity contribution in [2.45, 2.75) is 0 Å². The van der Waals surface area contributed by atoms with Crippen LogP contribution in [0, 0.1) is 0 Å². The van der Waals surface area contributed by atoms with Crippen LogP contribution in [0.2, 0.25) is 0 Å². The van der Waals surface area contributed by atoms with Gasteiger partial charge in [-0.15, -0.1) is 0 Å². The average molecular weight is 200 g/mol. The Hall–Kier alpha value is -0.0200. The number of hydrogen-bond donors (Lipinski definition) is 4. The van der Waals surface area contributed by atoms with E-state index in [1.165, 1.54) is 0 Å². The molecule has 0 aliphatic heterocycles. The van der Waals surface area contributed by atoms with Crippen LogP contribution >= 0.6 is 16.0 Å². The first-order chi connectivity index (χ1) is 4.83. The second kappa shape index (κ2) is 6.68. The highest BCUT2D eigenvalue weighted by molar-refractivity contribution is 7.55. The van der Waals surface area contributed by atoms with Crippen molar-refractivity contribution in [2.24, 2.45) is 0 Å². The Labute approximate surface area is 65.8 Å². The Balaban J connectivity index is 0. The molecule has 11 heavy (non-hydrogen) atoms. The summed E-state index contributed by atoms with van der Waals surface area (Å²) in [5.74, 6) is 1.70. The Bertz CT molecular complexity index is 160. The molecule has 7 heteroatoms. The van der Waals surface area contributed by atoms with E-state index in [-0.39, 0.29) is 0 Å². The van der Waals surface area contributed by atoms with Crippen LogP contribution in [0.5, 0.6) is 0 Å². The topological polar surface area (TPSA) is 98.0 Å². The molecule has 0 aromatic carbocycles. The summed E-state index contributed by atoms with van der Waals surface area (Å²) < 4.78 is 9.58. The zero-order chi connectivity index (χ0) is 9.49. The molecule has 0 spiro atoms. The maximum Gasteiger partial charge on any atom is 0.348 e. The van der Waals surface area contributed by atoms with Crippen molar-refractivity contribution in [3.05, 3.63) is 24.8 Å². The van der Waals surface area contributed by atoms with Gasteiger partial charge in [0, 0.05) is 5.82 Å². The van der Waals surface area contributed by atoms with Gasteiger partial charge in [-0.2, -0.15) is 0 Å². The van der Waals surface area contributed by atoms with Crippen LogP contribution in [-0.2, 0) is 4.57 Å². The first kappa shape index (κ1) is 13.6. The van der Waals surface area contributed by atoms with Gasteiger partial charge in [0.1, 0.15) is 0 Å². The Morgan fingerprint density at radius 1 is 1.27 bits per heavy atom. The standard InChI is InChI=1S/C2H5O3P.C2H5O2P/c1-2-6(3,4)5;1-2-5(3)4/h2H,1H2,(H2,3,4,5);2-4H,1H2. The van der Waals surface area contributed by atoms with Crippen molar-refractivity contribution < 1.29 is 24.1 Å². The van der Waals surface area contributed by atoms with Crippen LogP contribution in [0.3, 0.4) is 0 Å². The third-order valence-electron chi connectivity index (χ3n) is 0.401. The largest absolute Gasteiger partial charge is 0.348 e. The van der Waals surface area contributed by atoms with E-state index in [2.05, 4.69) is 13.2 Å². The van der Waals surface area contributed by atoms with Crippen LogP contribution in [-0.4, -0.2) is 19.6 Å². The molecule has 0 aliphatic rings. The van der Waals surface area contributed by atoms with Gasteiger partial charge in [0.2, 0.25) is 0 Å². The molecule has 66 valence electrons. The van der Waals surface area contributed by atoms with Crippen LogP contribution in [0.15, 0.2) is 24.8 Å². The molecule has 0 aromatic heterocycles. The summed E-state index contributed by atoms with van der Waals surface area (Å²) in [6, 6.07) is 0. The fourth-order valence-electron chi connectivity index (χ4n) is 0. The lowest BCUT2D eigenvalue weighted by atomic mass is 11.3. The van der Waals surface area contributed by atoms with Gasteiger partial charge in [0.05, 0.1) is 0 Å².